The van der Waals surface area contributed by atoms with E-state index >= 15 is 0 Å². The lowest BCUT2D eigenvalue weighted by Crippen LogP contribution is -2.37. The van der Waals surface area contributed by atoms with Gasteiger partial charge in [0.25, 0.3) is 5.91 Å². The van der Waals surface area contributed by atoms with Crippen LogP contribution in [-0.4, -0.2) is 33.2 Å². The molecule has 0 spiro atoms. The van der Waals surface area contributed by atoms with E-state index in [4.69, 9.17) is 0 Å². The second-order valence-electron chi connectivity index (χ2n) is 4.71. The van der Waals surface area contributed by atoms with Gasteiger partial charge in [-0.15, -0.1) is 0 Å². The molecular weight excluding hydrogens is 218 g/mol. The third-order valence-electron chi connectivity index (χ3n) is 3.44. The summed E-state index contributed by atoms with van der Waals surface area (Å²) in [6.07, 6.45) is 6.96. The first kappa shape index (κ1) is 12.1. The Labute approximate surface area is 101 Å². The molecule has 94 valence electrons. The average molecular weight is 237 g/mol. The predicted molar refractivity (Wildman–Crippen MR) is 63.5 cm³/mol. The van der Waals surface area contributed by atoms with Crippen LogP contribution in [0.5, 0.6) is 0 Å². The number of aliphatic hydroxyl groups is 1. The normalized spacial score (nSPS) is 24.6. The Kier molecular flexibility index (Phi) is 3.78. The molecule has 2 N–H and O–H groups in total. The molecule has 1 aromatic heterocycles. The third-order valence-corrected chi connectivity index (χ3v) is 3.44. The quantitative estimate of drug-likeness (QED) is 0.813. The average Bonchev–Trinajstić information content (AvgIpc) is 2.74. The number of amides is 1. The van der Waals surface area contributed by atoms with E-state index in [0.717, 1.165) is 25.7 Å². The molecule has 5 nitrogen and oxygen atoms in total. The number of nitrogens with zero attached hydrogens (tertiary/aromatic N) is 2. The Hall–Kier alpha value is -1.36. The number of hydrogen-bond donors (Lipinski definition) is 2. The van der Waals surface area contributed by atoms with Gasteiger partial charge >= 0.3 is 0 Å². The number of aryl methyl sites for hydroxylation is 1. The topological polar surface area (TPSA) is 67.2 Å². The maximum absolute atomic E-state index is 11.8. The Morgan fingerprint density at radius 2 is 2.35 bits per heavy atom. The fraction of sp³-hybridized carbons (Fsp3) is 0.667. The molecule has 1 amide bonds. The summed E-state index contributed by atoms with van der Waals surface area (Å²) < 4.78 is 1.69. The molecule has 1 aromatic rings. The summed E-state index contributed by atoms with van der Waals surface area (Å²) in [6, 6.07) is 0. The number of nitrogens with one attached hydrogen (secondary N) is 1. The minimum atomic E-state index is -0.268. The lowest BCUT2D eigenvalue weighted by Gasteiger charge is -2.27. The molecule has 0 aromatic carbocycles. The molecule has 0 saturated heterocycles. The minimum absolute atomic E-state index is 0.122. The molecule has 2 rings (SSSR count). The zero-order chi connectivity index (χ0) is 12.3. The highest BCUT2D eigenvalue weighted by molar-refractivity contribution is 5.92. The number of hydrogen-bond acceptors (Lipinski definition) is 3. The number of aromatic nitrogens is 2. The van der Waals surface area contributed by atoms with E-state index in [0.29, 0.717) is 12.2 Å². The van der Waals surface area contributed by atoms with Crippen LogP contribution in [-0.2, 0) is 7.05 Å². The van der Waals surface area contributed by atoms with E-state index in [1.807, 2.05) is 0 Å². The van der Waals surface area contributed by atoms with Crippen LogP contribution >= 0.6 is 0 Å². The molecule has 2 unspecified atom stereocenters. The summed E-state index contributed by atoms with van der Waals surface area (Å²) in [5.41, 5.74) is 0.551. The van der Waals surface area contributed by atoms with Crippen LogP contribution in [0.4, 0.5) is 0 Å². The van der Waals surface area contributed by atoms with Gasteiger partial charge in [-0.25, -0.2) is 4.98 Å². The van der Waals surface area contributed by atoms with Gasteiger partial charge in [-0.1, -0.05) is 12.8 Å². The lowest BCUT2D eigenvalue weighted by molar-refractivity contribution is 0.0661. The monoisotopic (exact) mass is 237 g/mol. The van der Waals surface area contributed by atoms with Gasteiger partial charge in [-0.3, -0.25) is 4.79 Å². The summed E-state index contributed by atoms with van der Waals surface area (Å²) >= 11 is 0. The van der Waals surface area contributed by atoms with Gasteiger partial charge < -0.3 is 15.0 Å². The van der Waals surface area contributed by atoms with E-state index in [2.05, 4.69) is 10.3 Å². The standard InChI is InChI=1S/C12H19N3O2/c1-15-8-13-7-10(15)12(17)14-6-9-4-2-3-5-11(9)16/h7-9,11,16H,2-6H2,1H3,(H,14,17). The molecule has 1 aliphatic carbocycles. The van der Waals surface area contributed by atoms with E-state index < -0.39 is 0 Å². The Balaban J connectivity index is 1.86. The van der Waals surface area contributed by atoms with Crippen LogP contribution in [0.15, 0.2) is 12.5 Å². The van der Waals surface area contributed by atoms with Crippen LogP contribution in [0, 0.1) is 5.92 Å². The molecule has 0 bridgehead atoms. The van der Waals surface area contributed by atoms with Gasteiger partial charge in [0.05, 0.1) is 18.6 Å². The fourth-order valence-corrected chi connectivity index (χ4v) is 2.32. The van der Waals surface area contributed by atoms with Crippen molar-refractivity contribution in [1.82, 2.24) is 14.9 Å². The second-order valence-corrected chi connectivity index (χ2v) is 4.71. The summed E-state index contributed by atoms with van der Waals surface area (Å²) in [6.45, 7) is 0.547. The molecule has 1 saturated carbocycles. The highest BCUT2D eigenvalue weighted by Crippen LogP contribution is 2.23. The third kappa shape index (κ3) is 2.85. The molecule has 0 aliphatic heterocycles. The van der Waals surface area contributed by atoms with Crippen molar-refractivity contribution >= 4 is 5.91 Å². The summed E-state index contributed by atoms with van der Waals surface area (Å²) in [7, 11) is 1.79. The van der Waals surface area contributed by atoms with Crippen molar-refractivity contribution in [2.75, 3.05) is 6.54 Å². The van der Waals surface area contributed by atoms with Crippen LogP contribution in [0.2, 0.25) is 0 Å². The van der Waals surface area contributed by atoms with Crippen LogP contribution in [0.3, 0.4) is 0 Å². The highest BCUT2D eigenvalue weighted by Gasteiger charge is 2.23. The van der Waals surface area contributed by atoms with Gasteiger partial charge in [-0.05, 0) is 12.8 Å². The zero-order valence-corrected chi connectivity index (χ0v) is 10.1. The smallest absolute Gasteiger partial charge is 0.269 e. The predicted octanol–water partition coefficient (Wildman–Crippen LogP) is 0.701. The summed E-state index contributed by atoms with van der Waals surface area (Å²) in [5, 5.41) is 12.7. The van der Waals surface area contributed by atoms with E-state index in [-0.39, 0.29) is 17.9 Å². The highest BCUT2D eigenvalue weighted by atomic mass is 16.3. The minimum Gasteiger partial charge on any atom is -0.393 e. The molecule has 2 atom stereocenters. The first-order chi connectivity index (χ1) is 8.18. The summed E-state index contributed by atoms with van der Waals surface area (Å²) in [5.74, 6) is 0.0729. The Morgan fingerprint density at radius 1 is 1.59 bits per heavy atom. The summed E-state index contributed by atoms with van der Waals surface area (Å²) in [4.78, 5) is 15.7. The number of aliphatic hydroxyl groups excluding tert-OH is 1. The zero-order valence-electron chi connectivity index (χ0n) is 10.1. The largest absolute Gasteiger partial charge is 0.393 e. The SMILES string of the molecule is Cn1cncc1C(=O)NCC1CCCCC1O. The van der Waals surface area contributed by atoms with Crippen LogP contribution in [0.25, 0.3) is 0 Å². The Morgan fingerprint density at radius 3 is 3.00 bits per heavy atom. The lowest BCUT2D eigenvalue weighted by atomic mass is 9.86. The molecule has 0 radical (unpaired) electrons. The van der Waals surface area contributed by atoms with Crippen LogP contribution in [0.1, 0.15) is 36.2 Å². The van der Waals surface area contributed by atoms with Crippen molar-refractivity contribution in [3.05, 3.63) is 18.2 Å². The molecule has 17 heavy (non-hydrogen) atoms. The van der Waals surface area contributed by atoms with E-state index in [1.165, 1.54) is 0 Å². The first-order valence-corrected chi connectivity index (χ1v) is 6.11. The molecule has 1 heterocycles. The number of carbonyl (C=O) groups excluding carboxylic acids is 1. The van der Waals surface area contributed by atoms with Gasteiger partial charge in [0.15, 0.2) is 0 Å². The van der Waals surface area contributed by atoms with Crippen molar-refractivity contribution in [1.29, 1.82) is 0 Å². The van der Waals surface area contributed by atoms with Crippen LogP contribution < -0.4 is 5.32 Å². The molecule has 1 fully saturated rings. The molecular formula is C12H19N3O2. The van der Waals surface area contributed by atoms with E-state index in [1.54, 1.807) is 24.1 Å². The van der Waals surface area contributed by atoms with Crippen molar-refractivity contribution in [2.45, 2.75) is 31.8 Å². The first-order valence-electron chi connectivity index (χ1n) is 6.11. The van der Waals surface area contributed by atoms with E-state index in [9.17, 15) is 9.90 Å². The maximum Gasteiger partial charge on any atom is 0.269 e. The van der Waals surface area contributed by atoms with Crippen molar-refractivity contribution in [2.24, 2.45) is 13.0 Å². The van der Waals surface area contributed by atoms with Gasteiger partial charge in [0.1, 0.15) is 5.69 Å². The number of carbonyl (C=O) groups is 1. The van der Waals surface area contributed by atoms with Crippen molar-refractivity contribution < 1.29 is 9.90 Å². The number of rotatable bonds is 3. The van der Waals surface area contributed by atoms with Gasteiger partial charge in [0, 0.05) is 19.5 Å². The number of imidazole rings is 1. The second kappa shape index (κ2) is 5.31. The van der Waals surface area contributed by atoms with Crippen molar-refractivity contribution in [3.63, 3.8) is 0 Å². The fourth-order valence-electron chi connectivity index (χ4n) is 2.32. The van der Waals surface area contributed by atoms with Gasteiger partial charge in [-0.2, -0.15) is 0 Å². The maximum atomic E-state index is 11.8. The van der Waals surface area contributed by atoms with Crippen molar-refractivity contribution in [3.8, 4) is 0 Å². The Bertz CT molecular complexity index is 389. The molecule has 1 aliphatic rings. The molecule has 5 heteroatoms. The van der Waals surface area contributed by atoms with Gasteiger partial charge in [0.2, 0.25) is 0 Å².